The molecule has 1 amide bonds. The summed E-state index contributed by atoms with van der Waals surface area (Å²) in [5.74, 6) is -4.63. The van der Waals surface area contributed by atoms with Gasteiger partial charge in [-0.05, 0) is 66.7 Å². The Bertz CT molecular complexity index is 1090. The van der Waals surface area contributed by atoms with Crippen LogP contribution in [-0.2, 0) is 4.79 Å². The molecule has 2 aliphatic carbocycles. The van der Waals surface area contributed by atoms with Crippen LogP contribution in [0.3, 0.4) is 0 Å². The van der Waals surface area contributed by atoms with Crippen LogP contribution in [0, 0.1) is 17.2 Å². The number of amides is 1. The summed E-state index contributed by atoms with van der Waals surface area (Å²) in [6.45, 7) is 2.04. The first-order chi connectivity index (χ1) is 16.6. The third-order valence-corrected chi connectivity index (χ3v) is 7.69. The molecule has 4 rings (SSSR count). The number of halogens is 3. The monoisotopic (exact) mass is 491 g/mol. The molecule has 0 spiro atoms. The zero-order valence-electron chi connectivity index (χ0n) is 19.9. The van der Waals surface area contributed by atoms with Crippen molar-refractivity contribution in [2.75, 3.05) is 6.61 Å². The Labute approximate surface area is 203 Å². The number of fused-ring (bicyclic) bond motifs is 1. The smallest absolute Gasteiger partial charge is 0.326 e. The van der Waals surface area contributed by atoms with Gasteiger partial charge in [0.05, 0.1) is 12.2 Å². The maximum atomic E-state index is 13.8. The van der Waals surface area contributed by atoms with Gasteiger partial charge in [-0.3, -0.25) is 4.79 Å². The zero-order valence-corrected chi connectivity index (χ0v) is 19.9. The van der Waals surface area contributed by atoms with E-state index in [0.29, 0.717) is 36.5 Å². The molecule has 2 aromatic carbocycles. The normalized spacial score (nSPS) is 20.8. The van der Waals surface area contributed by atoms with Gasteiger partial charge in [-0.2, -0.15) is 0 Å². The number of hydrogen-bond acceptors (Lipinski definition) is 3. The summed E-state index contributed by atoms with van der Waals surface area (Å²) in [4.78, 5) is 25.5. The Morgan fingerprint density at radius 2 is 1.77 bits per heavy atom. The Hall–Kier alpha value is -2.77. The van der Waals surface area contributed by atoms with Gasteiger partial charge < -0.3 is 15.2 Å². The summed E-state index contributed by atoms with van der Waals surface area (Å²) in [7, 11) is 0. The van der Waals surface area contributed by atoms with Crippen LogP contribution in [0.25, 0.3) is 10.8 Å². The van der Waals surface area contributed by atoms with E-state index in [1.54, 1.807) is 6.07 Å². The highest BCUT2D eigenvalue weighted by Gasteiger charge is 2.41. The first kappa shape index (κ1) is 25.3. The van der Waals surface area contributed by atoms with E-state index < -0.39 is 35.1 Å². The zero-order chi connectivity index (χ0) is 25.2. The van der Waals surface area contributed by atoms with Gasteiger partial charge in [-0.1, -0.05) is 32.3 Å². The lowest BCUT2D eigenvalue weighted by Gasteiger charge is -2.38. The van der Waals surface area contributed by atoms with Crippen LogP contribution in [0.1, 0.15) is 75.1 Å². The lowest BCUT2D eigenvalue weighted by atomic mass is 9.70. The summed E-state index contributed by atoms with van der Waals surface area (Å²) in [5, 5.41) is 13.7. The predicted octanol–water partition coefficient (Wildman–Crippen LogP) is 6.34. The number of alkyl halides is 2. The van der Waals surface area contributed by atoms with Crippen molar-refractivity contribution < 1.29 is 32.6 Å². The van der Waals surface area contributed by atoms with Crippen LogP contribution in [-0.4, -0.2) is 35.6 Å². The molecule has 8 heteroatoms. The molecule has 0 saturated heterocycles. The van der Waals surface area contributed by atoms with Gasteiger partial charge in [0.25, 0.3) is 5.91 Å². The molecule has 2 saturated carbocycles. The molecule has 0 heterocycles. The molecule has 1 unspecified atom stereocenters. The van der Waals surface area contributed by atoms with Crippen molar-refractivity contribution in [3.05, 3.63) is 41.7 Å². The standard InChI is InChI=1S/C27H32F3NO4/c1-26(11-3-2-4-12-26)23(25(33)34)31-24(32)21-7-5-18-15-19(28)6-8-20(18)22(21)35-16-17-9-13-27(29,30)14-10-17/h5-8,15,17,23H,2-4,9-14,16H2,1H3,(H,31,32)(H,33,34). The first-order valence-corrected chi connectivity index (χ1v) is 12.3. The molecule has 1 atom stereocenters. The van der Waals surface area contributed by atoms with Gasteiger partial charge in [0.15, 0.2) is 0 Å². The van der Waals surface area contributed by atoms with Gasteiger partial charge in [0, 0.05) is 18.2 Å². The third-order valence-electron chi connectivity index (χ3n) is 7.69. The predicted molar refractivity (Wildman–Crippen MR) is 126 cm³/mol. The number of benzene rings is 2. The number of carboxylic acid groups (broad SMARTS) is 1. The summed E-state index contributed by atoms with van der Waals surface area (Å²) < 4.78 is 47.0. The second-order valence-corrected chi connectivity index (χ2v) is 10.4. The molecule has 5 nitrogen and oxygen atoms in total. The first-order valence-electron chi connectivity index (χ1n) is 12.3. The number of carbonyl (C=O) groups is 2. The molecule has 0 aromatic heterocycles. The highest BCUT2D eigenvalue weighted by Crippen LogP contribution is 2.40. The van der Waals surface area contributed by atoms with Crippen molar-refractivity contribution in [3.63, 3.8) is 0 Å². The van der Waals surface area contributed by atoms with Crippen molar-refractivity contribution in [2.45, 2.75) is 76.7 Å². The van der Waals surface area contributed by atoms with E-state index in [1.807, 2.05) is 6.92 Å². The average molecular weight is 492 g/mol. The van der Waals surface area contributed by atoms with E-state index in [0.717, 1.165) is 19.3 Å². The third kappa shape index (κ3) is 5.73. The lowest BCUT2D eigenvalue weighted by molar-refractivity contribution is -0.143. The minimum Gasteiger partial charge on any atom is -0.492 e. The highest BCUT2D eigenvalue weighted by atomic mass is 19.3. The van der Waals surface area contributed by atoms with E-state index in [4.69, 9.17) is 4.74 Å². The van der Waals surface area contributed by atoms with Crippen molar-refractivity contribution in [1.29, 1.82) is 0 Å². The van der Waals surface area contributed by atoms with Gasteiger partial charge >= 0.3 is 5.97 Å². The van der Waals surface area contributed by atoms with Crippen LogP contribution in [0.4, 0.5) is 13.2 Å². The molecular weight excluding hydrogens is 459 g/mol. The maximum absolute atomic E-state index is 13.8. The average Bonchev–Trinajstić information content (AvgIpc) is 2.81. The molecule has 0 bridgehead atoms. The number of carbonyl (C=O) groups excluding carboxylic acids is 1. The van der Waals surface area contributed by atoms with Crippen LogP contribution >= 0.6 is 0 Å². The van der Waals surface area contributed by atoms with Crippen LogP contribution in [0.15, 0.2) is 30.3 Å². The van der Waals surface area contributed by atoms with Crippen molar-refractivity contribution in [3.8, 4) is 5.75 Å². The molecule has 2 fully saturated rings. The van der Waals surface area contributed by atoms with E-state index in [-0.39, 0.29) is 36.7 Å². The van der Waals surface area contributed by atoms with Crippen LogP contribution in [0.2, 0.25) is 0 Å². The number of nitrogens with one attached hydrogen (secondary N) is 1. The van der Waals surface area contributed by atoms with Crippen molar-refractivity contribution in [1.82, 2.24) is 5.32 Å². The summed E-state index contributed by atoms with van der Waals surface area (Å²) in [6.07, 6.45) is 4.50. The molecule has 0 aliphatic heterocycles. The second-order valence-electron chi connectivity index (χ2n) is 10.4. The Morgan fingerprint density at radius 3 is 2.43 bits per heavy atom. The molecule has 2 aromatic rings. The Balaban J connectivity index is 1.61. The fourth-order valence-corrected chi connectivity index (χ4v) is 5.47. The van der Waals surface area contributed by atoms with E-state index in [1.165, 1.54) is 24.3 Å². The molecule has 2 N–H and O–H groups in total. The molecular formula is C27H32F3NO4. The summed E-state index contributed by atoms with van der Waals surface area (Å²) in [5.41, 5.74) is -0.412. The Morgan fingerprint density at radius 1 is 1.09 bits per heavy atom. The number of rotatable bonds is 7. The van der Waals surface area contributed by atoms with Crippen LogP contribution < -0.4 is 10.1 Å². The van der Waals surface area contributed by atoms with Gasteiger partial charge in [0.2, 0.25) is 5.92 Å². The SMILES string of the molecule is CC1(C(NC(=O)c2ccc3cc(F)ccc3c2OCC2CCC(F)(F)CC2)C(=O)O)CCCCC1. The highest BCUT2D eigenvalue weighted by molar-refractivity contribution is 6.05. The minimum atomic E-state index is -2.65. The number of carboxylic acids is 1. The van der Waals surface area contributed by atoms with E-state index in [9.17, 15) is 27.9 Å². The summed E-state index contributed by atoms with van der Waals surface area (Å²) >= 11 is 0. The second kappa shape index (κ2) is 10.1. The van der Waals surface area contributed by atoms with E-state index >= 15 is 0 Å². The maximum Gasteiger partial charge on any atom is 0.326 e. The topological polar surface area (TPSA) is 75.6 Å². The quantitative estimate of drug-likeness (QED) is 0.474. The fraction of sp³-hybridized carbons (Fsp3) is 0.556. The molecule has 0 radical (unpaired) electrons. The lowest BCUT2D eigenvalue weighted by Crippen LogP contribution is -2.52. The number of aliphatic carboxylic acids is 1. The van der Waals surface area contributed by atoms with Crippen molar-refractivity contribution in [2.24, 2.45) is 11.3 Å². The van der Waals surface area contributed by atoms with Gasteiger partial charge in [-0.15, -0.1) is 0 Å². The molecule has 190 valence electrons. The number of hydrogen-bond donors (Lipinski definition) is 2. The fourth-order valence-electron chi connectivity index (χ4n) is 5.47. The van der Waals surface area contributed by atoms with Gasteiger partial charge in [0.1, 0.15) is 17.6 Å². The largest absolute Gasteiger partial charge is 0.492 e. The van der Waals surface area contributed by atoms with Crippen molar-refractivity contribution >= 4 is 22.6 Å². The van der Waals surface area contributed by atoms with Gasteiger partial charge in [-0.25, -0.2) is 18.0 Å². The van der Waals surface area contributed by atoms with Crippen LogP contribution in [0.5, 0.6) is 5.75 Å². The molecule has 2 aliphatic rings. The Kier molecular flexibility index (Phi) is 7.29. The number of ether oxygens (including phenoxy) is 1. The minimum absolute atomic E-state index is 0.0887. The summed E-state index contributed by atoms with van der Waals surface area (Å²) in [6, 6.07) is 6.15. The van der Waals surface area contributed by atoms with E-state index in [2.05, 4.69) is 5.32 Å². The molecule has 35 heavy (non-hydrogen) atoms.